The molecule has 1 atom stereocenters. The average molecular weight is 423 g/mol. The fraction of sp³-hybridized carbons (Fsp3) is 0.308. The Labute approximate surface area is 183 Å². The number of phenolic OH excluding ortho intramolecular Hbond substituents is 4. The van der Waals surface area contributed by atoms with Crippen molar-refractivity contribution in [1.29, 1.82) is 0 Å². The van der Waals surface area contributed by atoms with Crippen molar-refractivity contribution in [2.45, 2.75) is 53.1 Å². The number of hydrogen-bond acceptors (Lipinski definition) is 5. The summed E-state index contributed by atoms with van der Waals surface area (Å²) in [6.07, 6.45) is 4.56. The molecule has 0 aliphatic carbocycles. The predicted molar refractivity (Wildman–Crippen MR) is 123 cm³/mol. The van der Waals surface area contributed by atoms with Crippen LogP contribution in [0.25, 0.3) is 5.57 Å². The number of ether oxygens (including phenoxy) is 1. The van der Waals surface area contributed by atoms with Crippen molar-refractivity contribution in [1.82, 2.24) is 0 Å². The summed E-state index contributed by atoms with van der Waals surface area (Å²) in [6.45, 7) is 12.0. The molecule has 3 rings (SSSR count). The highest BCUT2D eigenvalue weighted by atomic mass is 16.5. The van der Waals surface area contributed by atoms with Crippen LogP contribution in [0.4, 0.5) is 0 Å². The standard InChI is InChI=1S/C26H30O5/c1-14(2)6-9-19-24(29)20(10-7-15(3)4)26-23(25(19)30)16(5)12-22(31-26)18-11-8-17(27)13-21(18)28/h6-8,11,13,22,27-30H,5,9-10,12H2,1-4H3/t22-/m0/s1. The van der Waals surface area contributed by atoms with E-state index in [1.54, 1.807) is 6.07 Å². The van der Waals surface area contributed by atoms with E-state index in [1.165, 1.54) is 12.1 Å². The molecule has 0 spiro atoms. The molecule has 2 aromatic rings. The number of fused-ring (bicyclic) bond motifs is 1. The van der Waals surface area contributed by atoms with Crippen LogP contribution in [-0.2, 0) is 12.8 Å². The van der Waals surface area contributed by atoms with Crippen LogP contribution < -0.4 is 4.74 Å². The lowest BCUT2D eigenvalue weighted by molar-refractivity contribution is 0.194. The molecule has 0 amide bonds. The summed E-state index contributed by atoms with van der Waals surface area (Å²) >= 11 is 0. The first-order valence-electron chi connectivity index (χ1n) is 10.3. The number of phenols is 4. The number of allylic oxidation sites excluding steroid dienone is 4. The van der Waals surface area contributed by atoms with Crippen LogP contribution in [-0.4, -0.2) is 20.4 Å². The highest BCUT2D eigenvalue weighted by Gasteiger charge is 2.33. The highest BCUT2D eigenvalue weighted by Crippen LogP contribution is 2.53. The Kier molecular flexibility index (Phi) is 6.34. The van der Waals surface area contributed by atoms with Crippen LogP contribution in [0.3, 0.4) is 0 Å². The van der Waals surface area contributed by atoms with Crippen molar-refractivity contribution >= 4 is 5.57 Å². The summed E-state index contributed by atoms with van der Waals surface area (Å²) < 4.78 is 6.25. The van der Waals surface area contributed by atoms with Gasteiger partial charge >= 0.3 is 0 Å². The molecule has 0 unspecified atom stereocenters. The Morgan fingerprint density at radius 1 is 0.968 bits per heavy atom. The Balaban J connectivity index is 2.18. The van der Waals surface area contributed by atoms with E-state index < -0.39 is 6.10 Å². The highest BCUT2D eigenvalue weighted by molar-refractivity contribution is 5.81. The lowest BCUT2D eigenvalue weighted by Gasteiger charge is -2.32. The van der Waals surface area contributed by atoms with Gasteiger partial charge in [-0.25, -0.2) is 0 Å². The summed E-state index contributed by atoms with van der Waals surface area (Å²) in [7, 11) is 0. The normalized spacial score (nSPS) is 15.1. The SMILES string of the molecule is C=C1C[C@@H](c2ccc(O)cc2O)Oc2c(CC=C(C)C)c(O)c(CC=C(C)C)c(O)c21. The van der Waals surface area contributed by atoms with Gasteiger partial charge in [-0.2, -0.15) is 0 Å². The topological polar surface area (TPSA) is 90.2 Å². The van der Waals surface area contributed by atoms with Crippen molar-refractivity contribution in [3.8, 4) is 28.7 Å². The first-order valence-corrected chi connectivity index (χ1v) is 10.3. The summed E-state index contributed by atoms with van der Waals surface area (Å²) in [4.78, 5) is 0. The number of benzene rings is 2. The van der Waals surface area contributed by atoms with Crippen molar-refractivity contribution in [2.24, 2.45) is 0 Å². The Morgan fingerprint density at radius 2 is 1.58 bits per heavy atom. The van der Waals surface area contributed by atoms with Gasteiger partial charge in [0, 0.05) is 29.2 Å². The minimum Gasteiger partial charge on any atom is -0.508 e. The van der Waals surface area contributed by atoms with Gasteiger partial charge in [0.2, 0.25) is 0 Å². The lowest BCUT2D eigenvalue weighted by atomic mass is 9.87. The molecule has 5 nitrogen and oxygen atoms in total. The first kappa shape index (κ1) is 22.3. The summed E-state index contributed by atoms with van der Waals surface area (Å²) in [5.41, 5.74) is 4.87. The Bertz CT molecular complexity index is 1080. The molecule has 0 fully saturated rings. The molecule has 2 aromatic carbocycles. The second kappa shape index (κ2) is 8.80. The molecule has 0 saturated heterocycles. The Morgan fingerprint density at radius 3 is 2.16 bits per heavy atom. The first-order chi connectivity index (χ1) is 14.6. The third-order valence-electron chi connectivity index (χ3n) is 5.43. The quantitative estimate of drug-likeness (QED) is 0.440. The molecule has 0 radical (unpaired) electrons. The van der Waals surface area contributed by atoms with Gasteiger partial charge in [0.15, 0.2) is 0 Å². The van der Waals surface area contributed by atoms with Crippen LogP contribution in [0.15, 0.2) is 48.1 Å². The largest absolute Gasteiger partial charge is 0.508 e. The fourth-order valence-electron chi connectivity index (χ4n) is 3.75. The van der Waals surface area contributed by atoms with Crippen molar-refractivity contribution in [3.05, 3.63) is 70.3 Å². The van der Waals surface area contributed by atoms with Gasteiger partial charge in [-0.05, 0) is 58.2 Å². The third kappa shape index (κ3) is 4.55. The van der Waals surface area contributed by atoms with E-state index in [2.05, 4.69) is 6.58 Å². The number of hydrogen-bond donors (Lipinski definition) is 4. The zero-order chi connectivity index (χ0) is 22.9. The molecule has 5 heteroatoms. The third-order valence-corrected chi connectivity index (χ3v) is 5.43. The van der Waals surface area contributed by atoms with Crippen LogP contribution in [0.1, 0.15) is 62.5 Å². The van der Waals surface area contributed by atoms with E-state index in [4.69, 9.17) is 4.74 Å². The van der Waals surface area contributed by atoms with E-state index in [0.29, 0.717) is 52.8 Å². The minimum absolute atomic E-state index is 0.00891. The molecule has 31 heavy (non-hydrogen) atoms. The molecule has 0 bridgehead atoms. The predicted octanol–water partition coefficient (Wildman–Crippen LogP) is 6.06. The maximum atomic E-state index is 11.1. The van der Waals surface area contributed by atoms with E-state index in [0.717, 1.165) is 11.1 Å². The van der Waals surface area contributed by atoms with E-state index >= 15 is 0 Å². The zero-order valence-corrected chi connectivity index (χ0v) is 18.5. The molecular weight excluding hydrogens is 392 g/mol. The van der Waals surface area contributed by atoms with Crippen LogP contribution in [0, 0.1) is 0 Å². The molecule has 1 aliphatic rings. The molecule has 164 valence electrons. The molecule has 1 heterocycles. The van der Waals surface area contributed by atoms with Crippen LogP contribution in [0.2, 0.25) is 0 Å². The fourth-order valence-corrected chi connectivity index (χ4v) is 3.75. The van der Waals surface area contributed by atoms with E-state index in [9.17, 15) is 20.4 Å². The van der Waals surface area contributed by atoms with Gasteiger partial charge in [0.05, 0.1) is 5.56 Å². The van der Waals surface area contributed by atoms with E-state index in [1.807, 2.05) is 39.8 Å². The van der Waals surface area contributed by atoms with E-state index in [-0.39, 0.29) is 23.0 Å². The average Bonchev–Trinajstić information content (AvgIpc) is 2.66. The van der Waals surface area contributed by atoms with Crippen molar-refractivity contribution < 1.29 is 25.2 Å². The van der Waals surface area contributed by atoms with Crippen molar-refractivity contribution in [2.75, 3.05) is 0 Å². The zero-order valence-electron chi connectivity index (χ0n) is 18.5. The molecule has 0 aromatic heterocycles. The lowest BCUT2D eigenvalue weighted by Crippen LogP contribution is -2.17. The number of rotatable bonds is 5. The van der Waals surface area contributed by atoms with Gasteiger partial charge in [-0.15, -0.1) is 0 Å². The summed E-state index contributed by atoms with van der Waals surface area (Å²) in [6, 6.07) is 4.35. The maximum absolute atomic E-state index is 11.1. The molecule has 4 N–H and O–H groups in total. The molecule has 1 aliphatic heterocycles. The van der Waals surface area contributed by atoms with Gasteiger partial charge in [-0.1, -0.05) is 29.9 Å². The monoisotopic (exact) mass is 422 g/mol. The van der Waals surface area contributed by atoms with Gasteiger partial charge < -0.3 is 25.2 Å². The van der Waals surface area contributed by atoms with Crippen molar-refractivity contribution in [3.63, 3.8) is 0 Å². The summed E-state index contributed by atoms with van der Waals surface area (Å²) in [5, 5.41) is 42.0. The minimum atomic E-state index is -0.562. The van der Waals surface area contributed by atoms with Gasteiger partial charge in [0.1, 0.15) is 34.9 Å². The number of aromatic hydroxyl groups is 4. The maximum Gasteiger partial charge on any atom is 0.138 e. The van der Waals surface area contributed by atoms with Crippen LogP contribution >= 0.6 is 0 Å². The van der Waals surface area contributed by atoms with Gasteiger partial charge in [-0.3, -0.25) is 0 Å². The van der Waals surface area contributed by atoms with Gasteiger partial charge in [0.25, 0.3) is 0 Å². The summed E-state index contributed by atoms with van der Waals surface area (Å²) in [5.74, 6) is 0.238. The molecular formula is C26H30O5. The second-order valence-electron chi connectivity index (χ2n) is 8.49. The smallest absolute Gasteiger partial charge is 0.138 e. The second-order valence-corrected chi connectivity index (χ2v) is 8.49. The molecule has 0 saturated carbocycles. The Hall–Kier alpha value is -3.34. The van der Waals surface area contributed by atoms with Crippen LogP contribution in [0.5, 0.6) is 28.7 Å².